The monoisotopic (exact) mass is 483 g/mol. The van der Waals surface area contributed by atoms with Crippen LogP contribution in [0.2, 0.25) is 5.02 Å². The number of rotatable bonds is 6. The molecule has 1 heterocycles. The zero-order valence-electron chi connectivity index (χ0n) is 20.0. The molecule has 6 fully saturated rings. The molecule has 34 heavy (non-hydrogen) atoms. The Bertz CT molecular complexity index is 1000. The van der Waals surface area contributed by atoms with Crippen LogP contribution < -0.4 is 4.90 Å². The van der Waals surface area contributed by atoms with Crippen molar-refractivity contribution in [2.45, 2.75) is 58.3 Å². The van der Waals surface area contributed by atoms with Gasteiger partial charge in [0.05, 0.1) is 12.0 Å². The van der Waals surface area contributed by atoms with Crippen LogP contribution in [0, 0.1) is 36.0 Å². The summed E-state index contributed by atoms with van der Waals surface area (Å²) >= 11 is 6.26. The molecule has 3 amide bonds. The van der Waals surface area contributed by atoms with Crippen molar-refractivity contribution in [1.82, 2.24) is 9.80 Å². The minimum Gasteiger partial charge on any atom is -0.333 e. The molecule has 5 saturated carbocycles. The lowest BCUT2D eigenvalue weighted by atomic mass is 9.49. The van der Waals surface area contributed by atoms with Crippen LogP contribution in [0.4, 0.5) is 5.69 Å². The largest absolute Gasteiger partial charge is 0.333 e. The van der Waals surface area contributed by atoms with Crippen LogP contribution in [-0.2, 0) is 14.4 Å². The molecule has 0 spiro atoms. The molecule has 0 N–H and O–H groups in total. The maximum atomic E-state index is 14.0. The highest BCUT2D eigenvalue weighted by atomic mass is 35.5. The van der Waals surface area contributed by atoms with E-state index in [1.54, 1.807) is 15.9 Å². The molecular formula is C27H34ClN3O3. The van der Waals surface area contributed by atoms with E-state index in [1.165, 1.54) is 19.3 Å². The highest BCUT2D eigenvalue weighted by molar-refractivity contribution is 6.31. The van der Waals surface area contributed by atoms with Crippen LogP contribution in [0.15, 0.2) is 18.2 Å². The quantitative estimate of drug-likeness (QED) is 0.608. The number of carbonyl (C=O) groups is 3. The fourth-order valence-electron chi connectivity index (χ4n) is 7.62. The van der Waals surface area contributed by atoms with Crippen LogP contribution in [0.5, 0.6) is 0 Å². The molecule has 1 aromatic carbocycles. The minimum absolute atomic E-state index is 0.0492. The van der Waals surface area contributed by atoms with Gasteiger partial charge in [0.1, 0.15) is 13.2 Å². The molecule has 0 radical (unpaired) electrons. The summed E-state index contributed by atoms with van der Waals surface area (Å²) in [5.41, 5.74) is 1.33. The first kappa shape index (κ1) is 22.4. The molecule has 1 aromatic rings. The van der Waals surface area contributed by atoms with Gasteiger partial charge in [0.2, 0.25) is 17.7 Å². The maximum absolute atomic E-state index is 14.0. The second kappa shape index (κ2) is 8.25. The third kappa shape index (κ3) is 3.92. The van der Waals surface area contributed by atoms with Crippen LogP contribution >= 0.6 is 11.6 Å². The van der Waals surface area contributed by atoms with Gasteiger partial charge in [-0.2, -0.15) is 0 Å². The molecule has 0 unspecified atom stereocenters. The van der Waals surface area contributed by atoms with E-state index in [-0.39, 0.29) is 42.9 Å². The molecule has 7 heteroatoms. The maximum Gasteiger partial charge on any atom is 0.248 e. The lowest BCUT2D eigenvalue weighted by Crippen LogP contribution is -2.56. The van der Waals surface area contributed by atoms with E-state index < -0.39 is 0 Å². The van der Waals surface area contributed by atoms with E-state index in [0.29, 0.717) is 35.2 Å². The number of carbonyl (C=O) groups excluding carboxylic acids is 3. The lowest BCUT2D eigenvalue weighted by Gasteiger charge is -2.56. The number of hydrogen-bond acceptors (Lipinski definition) is 3. The normalized spacial score (nSPS) is 31.9. The van der Waals surface area contributed by atoms with E-state index in [4.69, 9.17) is 11.6 Å². The van der Waals surface area contributed by atoms with Crippen molar-refractivity contribution < 1.29 is 14.4 Å². The summed E-state index contributed by atoms with van der Waals surface area (Å²) in [6, 6.07) is 5.49. The highest BCUT2D eigenvalue weighted by Gasteiger charge is 2.56. The molecule has 6 nitrogen and oxygen atoms in total. The van der Waals surface area contributed by atoms with Crippen molar-refractivity contribution in [3.8, 4) is 0 Å². The zero-order chi connectivity index (χ0) is 23.6. The van der Waals surface area contributed by atoms with Gasteiger partial charge in [0.15, 0.2) is 0 Å². The average molecular weight is 484 g/mol. The van der Waals surface area contributed by atoms with Crippen molar-refractivity contribution in [2.24, 2.45) is 29.1 Å². The van der Waals surface area contributed by atoms with Gasteiger partial charge in [-0.05, 0) is 99.7 Å². The second-order valence-electron chi connectivity index (χ2n) is 11.8. The second-order valence-corrected chi connectivity index (χ2v) is 12.2. The van der Waals surface area contributed by atoms with E-state index >= 15 is 0 Å². The van der Waals surface area contributed by atoms with Crippen molar-refractivity contribution in [1.29, 1.82) is 0 Å². The Morgan fingerprint density at radius 3 is 2.35 bits per heavy atom. The lowest BCUT2D eigenvalue weighted by molar-refractivity contribution is -0.160. The average Bonchev–Trinajstić information content (AvgIpc) is 3.52. The Morgan fingerprint density at radius 2 is 1.74 bits per heavy atom. The third-order valence-corrected chi connectivity index (χ3v) is 9.51. The van der Waals surface area contributed by atoms with Gasteiger partial charge in [-0.15, -0.1) is 0 Å². The molecule has 0 atom stereocenters. The number of halogens is 1. The van der Waals surface area contributed by atoms with E-state index in [2.05, 4.69) is 0 Å². The van der Waals surface area contributed by atoms with Crippen molar-refractivity contribution in [3.05, 3.63) is 28.8 Å². The van der Waals surface area contributed by atoms with E-state index in [9.17, 15) is 14.4 Å². The standard InChI is InChI=1S/C27H34ClN3O3/c1-17-22(28)3-2-4-23(17)31-16-30(15-25(31)33)24(32)14-29(13-18-5-6-18)26(34)27-10-19-7-20(11-27)9-21(8-19)12-27/h2-4,18-21H,5-16H2,1H3. The topological polar surface area (TPSA) is 60.9 Å². The summed E-state index contributed by atoms with van der Waals surface area (Å²) in [5, 5.41) is 0.604. The molecule has 1 saturated heterocycles. The number of nitrogens with zero attached hydrogens (tertiary/aromatic N) is 3. The Hall–Kier alpha value is -2.08. The first-order valence-corrected chi connectivity index (χ1v) is 13.3. The van der Waals surface area contributed by atoms with Crippen LogP contribution in [-0.4, -0.2) is 53.8 Å². The van der Waals surface area contributed by atoms with E-state index in [0.717, 1.165) is 43.4 Å². The Kier molecular flexibility index (Phi) is 5.43. The summed E-state index contributed by atoms with van der Waals surface area (Å²) in [6.45, 7) is 2.92. The minimum atomic E-state index is -0.241. The van der Waals surface area contributed by atoms with Gasteiger partial charge in [-0.3, -0.25) is 19.3 Å². The van der Waals surface area contributed by atoms with Crippen molar-refractivity contribution in [3.63, 3.8) is 0 Å². The summed E-state index contributed by atoms with van der Waals surface area (Å²) in [5.74, 6) is 2.59. The predicted octanol–water partition coefficient (Wildman–Crippen LogP) is 4.24. The van der Waals surface area contributed by atoms with Crippen molar-refractivity contribution >= 4 is 35.0 Å². The van der Waals surface area contributed by atoms with Crippen LogP contribution in [0.25, 0.3) is 0 Å². The molecule has 182 valence electrons. The van der Waals surface area contributed by atoms with Crippen molar-refractivity contribution in [2.75, 3.05) is 31.2 Å². The molecule has 6 aliphatic rings. The molecule has 1 aliphatic heterocycles. The van der Waals surface area contributed by atoms with Crippen LogP contribution in [0.3, 0.4) is 0 Å². The third-order valence-electron chi connectivity index (χ3n) is 9.10. The van der Waals surface area contributed by atoms with Gasteiger partial charge in [-0.1, -0.05) is 17.7 Å². The number of anilines is 1. The fourth-order valence-corrected chi connectivity index (χ4v) is 7.79. The van der Waals surface area contributed by atoms with Gasteiger partial charge in [0, 0.05) is 17.3 Å². The molecule has 7 rings (SSSR count). The molecule has 0 aromatic heterocycles. The van der Waals surface area contributed by atoms with Gasteiger partial charge >= 0.3 is 0 Å². The number of hydrogen-bond donors (Lipinski definition) is 0. The Morgan fingerprint density at radius 1 is 1.09 bits per heavy atom. The summed E-state index contributed by atoms with van der Waals surface area (Å²) < 4.78 is 0. The first-order chi connectivity index (χ1) is 16.3. The fraction of sp³-hybridized carbons (Fsp3) is 0.667. The summed E-state index contributed by atoms with van der Waals surface area (Å²) in [6.07, 6.45) is 9.20. The smallest absolute Gasteiger partial charge is 0.248 e. The summed E-state index contributed by atoms with van der Waals surface area (Å²) in [7, 11) is 0. The molecule has 5 aliphatic carbocycles. The first-order valence-electron chi connectivity index (χ1n) is 12.9. The highest BCUT2D eigenvalue weighted by Crippen LogP contribution is 2.60. The van der Waals surface area contributed by atoms with Gasteiger partial charge in [0.25, 0.3) is 0 Å². The predicted molar refractivity (Wildman–Crippen MR) is 130 cm³/mol. The van der Waals surface area contributed by atoms with Crippen LogP contribution in [0.1, 0.15) is 56.9 Å². The molecular weight excluding hydrogens is 450 g/mol. The SMILES string of the molecule is Cc1c(Cl)cccc1N1CN(C(=O)CN(CC2CC2)C(=O)C23CC4CC(CC(C4)C2)C3)CC1=O. The molecule has 4 bridgehead atoms. The number of benzene rings is 1. The van der Waals surface area contributed by atoms with E-state index in [1.807, 2.05) is 24.0 Å². The Labute approximate surface area is 206 Å². The Balaban J connectivity index is 1.18. The zero-order valence-corrected chi connectivity index (χ0v) is 20.7. The van der Waals surface area contributed by atoms with Gasteiger partial charge < -0.3 is 9.80 Å². The number of amides is 3. The van der Waals surface area contributed by atoms with Gasteiger partial charge in [-0.25, -0.2) is 0 Å². The summed E-state index contributed by atoms with van der Waals surface area (Å²) in [4.78, 5) is 45.3.